The maximum Gasteiger partial charge on any atom is 0.328 e. The molecular weight excluding hydrogens is 240 g/mol. The smallest absolute Gasteiger partial charge is 0.328 e. The number of benzene rings is 1. The summed E-state index contributed by atoms with van der Waals surface area (Å²) in [5.74, 6) is -0.0860. The van der Waals surface area contributed by atoms with E-state index in [1.807, 2.05) is 24.3 Å². The maximum absolute atomic E-state index is 10.6. The van der Waals surface area contributed by atoms with Crippen LogP contribution in [0.25, 0.3) is 5.57 Å². The molecule has 104 valence electrons. The zero-order chi connectivity index (χ0) is 14.1. The van der Waals surface area contributed by atoms with Gasteiger partial charge in [-0.2, -0.15) is 0 Å². The lowest BCUT2D eigenvalue weighted by Gasteiger charge is -2.07. The third-order valence-electron chi connectivity index (χ3n) is 2.92. The summed E-state index contributed by atoms with van der Waals surface area (Å²) >= 11 is 0. The van der Waals surface area contributed by atoms with Crippen molar-refractivity contribution in [3.8, 4) is 5.75 Å². The Balaban J connectivity index is 2.45. The van der Waals surface area contributed by atoms with Crippen molar-refractivity contribution in [3.63, 3.8) is 0 Å². The molecule has 0 aromatic heterocycles. The van der Waals surface area contributed by atoms with Crippen LogP contribution >= 0.6 is 0 Å². The summed E-state index contributed by atoms with van der Waals surface area (Å²) in [4.78, 5) is 10.6. The van der Waals surface area contributed by atoms with Crippen LogP contribution in [-0.2, 0) is 4.79 Å². The lowest BCUT2D eigenvalue weighted by Crippen LogP contribution is -1.97. The predicted octanol–water partition coefficient (Wildman–Crippen LogP) is 4.13. The van der Waals surface area contributed by atoms with E-state index in [2.05, 4.69) is 6.92 Å². The molecule has 1 aromatic carbocycles. The summed E-state index contributed by atoms with van der Waals surface area (Å²) in [5, 5.41) is 8.69. The van der Waals surface area contributed by atoms with Crippen LogP contribution in [0.3, 0.4) is 0 Å². The van der Waals surface area contributed by atoms with Crippen LogP contribution < -0.4 is 4.74 Å². The molecule has 0 aliphatic rings. The van der Waals surface area contributed by atoms with Crippen molar-refractivity contribution >= 4 is 11.5 Å². The van der Waals surface area contributed by atoms with Gasteiger partial charge in [0.05, 0.1) is 6.61 Å². The lowest BCUT2D eigenvalue weighted by atomic mass is 10.1. The third kappa shape index (κ3) is 6.09. The van der Waals surface area contributed by atoms with E-state index in [-0.39, 0.29) is 0 Å². The molecule has 0 saturated heterocycles. The van der Waals surface area contributed by atoms with Crippen LogP contribution in [0.5, 0.6) is 5.75 Å². The second-order valence-electron chi connectivity index (χ2n) is 4.60. The molecule has 1 N–H and O–H groups in total. The Hall–Kier alpha value is -1.77. The van der Waals surface area contributed by atoms with Gasteiger partial charge >= 0.3 is 5.97 Å². The van der Waals surface area contributed by atoms with Gasteiger partial charge in [-0.3, -0.25) is 0 Å². The molecule has 0 saturated carbocycles. The summed E-state index contributed by atoms with van der Waals surface area (Å²) in [6.45, 7) is 4.71. The fourth-order valence-electron chi connectivity index (χ4n) is 1.80. The van der Waals surface area contributed by atoms with Gasteiger partial charge in [-0.1, -0.05) is 38.3 Å². The predicted molar refractivity (Wildman–Crippen MR) is 77.4 cm³/mol. The minimum absolute atomic E-state index is 0.738. The fraction of sp³-hybridized carbons (Fsp3) is 0.438. The number of carboxylic acid groups (broad SMARTS) is 1. The number of allylic oxidation sites excluding steroid dienone is 1. The molecule has 0 aliphatic heterocycles. The van der Waals surface area contributed by atoms with Gasteiger partial charge in [-0.05, 0) is 36.6 Å². The standard InChI is InChI=1S/C16H22O3/c1-3-4-5-6-11-19-15-9-7-14(8-10-15)13(2)12-16(17)18/h7-10,12H,3-6,11H2,1-2H3,(H,17,18)/b13-12+. The normalized spacial score (nSPS) is 11.4. The molecule has 0 heterocycles. The van der Waals surface area contributed by atoms with Gasteiger partial charge in [0.1, 0.15) is 5.75 Å². The molecule has 3 heteroatoms. The van der Waals surface area contributed by atoms with Crippen molar-refractivity contribution in [1.82, 2.24) is 0 Å². The molecule has 3 nitrogen and oxygen atoms in total. The number of hydrogen-bond acceptors (Lipinski definition) is 2. The molecular formula is C16H22O3. The molecule has 0 aliphatic carbocycles. The first-order valence-corrected chi connectivity index (χ1v) is 6.78. The number of ether oxygens (including phenoxy) is 1. The van der Waals surface area contributed by atoms with Gasteiger partial charge in [0.15, 0.2) is 0 Å². The highest BCUT2D eigenvalue weighted by Gasteiger charge is 2.00. The van der Waals surface area contributed by atoms with E-state index < -0.39 is 5.97 Å². The van der Waals surface area contributed by atoms with Gasteiger partial charge in [0, 0.05) is 6.08 Å². The summed E-state index contributed by atoms with van der Waals surface area (Å²) in [6, 6.07) is 7.54. The number of rotatable bonds is 8. The van der Waals surface area contributed by atoms with Crippen LogP contribution in [0.4, 0.5) is 0 Å². The van der Waals surface area contributed by atoms with E-state index in [9.17, 15) is 4.79 Å². The number of carbonyl (C=O) groups is 1. The Labute approximate surface area is 114 Å². The summed E-state index contributed by atoms with van der Waals surface area (Å²) in [6.07, 6.45) is 5.97. The number of hydrogen-bond donors (Lipinski definition) is 1. The number of aliphatic carboxylic acids is 1. The van der Waals surface area contributed by atoms with Crippen molar-refractivity contribution in [2.45, 2.75) is 39.5 Å². The van der Waals surface area contributed by atoms with Crippen molar-refractivity contribution in [3.05, 3.63) is 35.9 Å². The topological polar surface area (TPSA) is 46.5 Å². The van der Waals surface area contributed by atoms with Crippen LogP contribution in [0.1, 0.15) is 45.1 Å². The lowest BCUT2D eigenvalue weighted by molar-refractivity contribution is -0.131. The van der Waals surface area contributed by atoms with Gasteiger partial charge < -0.3 is 9.84 Å². The average molecular weight is 262 g/mol. The Kier molecular flexibility index (Phi) is 6.72. The molecule has 1 rings (SSSR count). The Morgan fingerprint density at radius 1 is 1.21 bits per heavy atom. The molecule has 0 atom stereocenters. The van der Waals surface area contributed by atoms with Gasteiger partial charge in [-0.25, -0.2) is 4.79 Å². The van der Waals surface area contributed by atoms with Crippen LogP contribution in [0.2, 0.25) is 0 Å². The zero-order valence-corrected chi connectivity index (χ0v) is 11.7. The first-order chi connectivity index (χ1) is 9.13. The molecule has 0 fully saturated rings. The van der Waals surface area contributed by atoms with Crippen LogP contribution in [-0.4, -0.2) is 17.7 Å². The Bertz CT molecular complexity index is 418. The fourth-order valence-corrected chi connectivity index (χ4v) is 1.80. The highest BCUT2D eigenvalue weighted by molar-refractivity contribution is 5.89. The number of unbranched alkanes of at least 4 members (excludes halogenated alkanes) is 3. The van der Waals surface area contributed by atoms with E-state index >= 15 is 0 Å². The highest BCUT2D eigenvalue weighted by Crippen LogP contribution is 2.18. The minimum Gasteiger partial charge on any atom is -0.494 e. The summed E-state index contributed by atoms with van der Waals surface area (Å²) in [7, 11) is 0. The number of carboxylic acids is 1. The second-order valence-corrected chi connectivity index (χ2v) is 4.60. The first kappa shape index (κ1) is 15.3. The quantitative estimate of drug-likeness (QED) is 0.566. The van der Waals surface area contributed by atoms with Crippen molar-refractivity contribution in [1.29, 1.82) is 0 Å². The maximum atomic E-state index is 10.6. The van der Waals surface area contributed by atoms with E-state index in [1.54, 1.807) is 6.92 Å². The summed E-state index contributed by atoms with van der Waals surface area (Å²) < 4.78 is 5.63. The van der Waals surface area contributed by atoms with E-state index in [0.29, 0.717) is 0 Å². The molecule has 0 radical (unpaired) electrons. The Morgan fingerprint density at radius 2 is 1.89 bits per heavy atom. The van der Waals surface area contributed by atoms with Gasteiger partial charge in [0.25, 0.3) is 0 Å². The molecule has 0 amide bonds. The zero-order valence-electron chi connectivity index (χ0n) is 11.7. The molecule has 19 heavy (non-hydrogen) atoms. The van der Waals surface area contributed by atoms with Gasteiger partial charge in [0.2, 0.25) is 0 Å². The average Bonchev–Trinajstić information content (AvgIpc) is 2.38. The molecule has 1 aromatic rings. The van der Waals surface area contributed by atoms with E-state index in [4.69, 9.17) is 9.84 Å². The second kappa shape index (κ2) is 8.35. The van der Waals surface area contributed by atoms with E-state index in [0.717, 1.165) is 29.9 Å². The largest absolute Gasteiger partial charge is 0.494 e. The summed E-state index contributed by atoms with van der Waals surface area (Å²) in [5.41, 5.74) is 1.64. The first-order valence-electron chi connectivity index (χ1n) is 6.78. The highest BCUT2D eigenvalue weighted by atomic mass is 16.5. The van der Waals surface area contributed by atoms with Crippen LogP contribution in [0, 0.1) is 0 Å². The molecule has 0 unspecified atom stereocenters. The van der Waals surface area contributed by atoms with Crippen molar-refractivity contribution < 1.29 is 14.6 Å². The third-order valence-corrected chi connectivity index (χ3v) is 2.92. The minimum atomic E-state index is -0.922. The Morgan fingerprint density at radius 3 is 2.47 bits per heavy atom. The van der Waals surface area contributed by atoms with Crippen LogP contribution in [0.15, 0.2) is 30.3 Å². The SMILES string of the molecule is CCCCCCOc1ccc(/C(C)=C/C(=O)O)cc1. The monoisotopic (exact) mass is 262 g/mol. The molecule has 0 bridgehead atoms. The van der Waals surface area contributed by atoms with Crippen molar-refractivity contribution in [2.24, 2.45) is 0 Å². The van der Waals surface area contributed by atoms with E-state index in [1.165, 1.54) is 25.3 Å². The van der Waals surface area contributed by atoms with Crippen molar-refractivity contribution in [2.75, 3.05) is 6.61 Å². The molecule has 0 spiro atoms. The van der Waals surface area contributed by atoms with Gasteiger partial charge in [-0.15, -0.1) is 0 Å².